The van der Waals surface area contributed by atoms with Crippen molar-refractivity contribution in [3.63, 3.8) is 0 Å². The third-order valence-corrected chi connectivity index (χ3v) is 6.20. The van der Waals surface area contributed by atoms with Gasteiger partial charge in [0.1, 0.15) is 0 Å². The molecule has 6 nitrogen and oxygen atoms in total. The Morgan fingerprint density at radius 2 is 1.58 bits per heavy atom. The SMILES string of the molecule is O=C(CCN1CCC(C(=O)c2ccccc2)CC1)Nc1ccc(N2CCOCC2)cc1. The number of carbonyl (C=O) groups excluding carboxylic acids is 2. The van der Waals surface area contributed by atoms with E-state index in [1.54, 1.807) is 0 Å². The van der Waals surface area contributed by atoms with E-state index in [4.69, 9.17) is 4.74 Å². The first-order valence-electron chi connectivity index (χ1n) is 11.2. The molecule has 2 aromatic carbocycles. The molecule has 2 fully saturated rings. The van der Waals surface area contributed by atoms with E-state index in [1.807, 2.05) is 42.5 Å². The third-order valence-electron chi connectivity index (χ3n) is 6.20. The first-order chi connectivity index (χ1) is 15.2. The predicted molar refractivity (Wildman–Crippen MR) is 123 cm³/mol. The highest BCUT2D eigenvalue weighted by Crippen LogP contribution is 2.22. The molecule has 0 spiro atoms. The summed E-state index contributed by atoms with van der Waals surface area (Å²) in [5, 5.41) is 3.00. The summed E-state index contributed by atoms with van der Waals surface area (Å²) in [6, 6.07) is 17.6. The van der Waals surface area contributed by atoms with Gasteiger partial charge in [-0.15, -0.1) is 0 Å². The lowest BCUT2D eigenvalue weighted by molar-refractivity contribution is -0.116. The predicted octanol–water partition coefficient (Wildman–Crippen LogP) is 3.45. The van der Waals surface area contributed by atoms with Gasteiger partial charge >= 0.3 is 0 Å². The van der Waals surface area contributed by atoms with Crippen LogP contribution in [0.2, 0.25) is 0 Å². The van der Waals surface area contributed by atoms with Gasteiger partial charge < -0.3 is 19.9 Å². The molecule has 2 saturated heterocycles. The molecule has 0 atom stereocenters. The van der Waals surface area contributed by atoms with Crippen molar-refractivity contribution in [3.8, 4) is 0 Å². The van der Waals surface area contributed by atoms with Gasteiger partial charge in [0.25, 0.3) is 0 Å². The Morgan fingerprint density at radius 1 is 0.903 bits per heavy atom. The van der Waals surface area contributed by atoms with Crippen LogP contribution in [0, 0.1) is 5.92 Å². The van der Waals surface area contributed by atoms with Gasteiger partial charge in [0.2, 0.25) is 5.91 Å². The number of piperidine rings is 1. The van der Waals surface area contributed by atoms with Crippen molar-refractivity contribution < 1.29 is 14.3 Å². The molecular formula is C25H31N3O3. The minimum absolute atomic E-state index is 0.0293. The molecule has 31 heavy (non-hydrogen) atoms. The van der Waals surface area contributed by atoms with Crippen molar-refractivity contribution >= 4 is 23.1 Å². The molecule has 2 aliphatic heterocycles. The van der Waals surface area contributed by atoms with Crippen LogP contribution < -0.4 is 10.2 Å². The number of hydrogen-bond acceptors (Lipinski definition) is 5. The second-order valence-corrected chi connectivity index (χ2v) is 8.29. The van der Waals surface area contributed by atoms with E-state index < -0.39 is 0 Å². The Morgan fingerprint density at radius 3 is 2.26 bits per heavy atom. The number of amides is 1. The molecule has 0 saturated carbocycles. The zero-order valence-electron chi connectivity index (χ0n) is 18.0. The van der Waals surface area contributed by atoms with E-state index >= 15 is 0 Å². The first kappa shape index (κ1) is 21.5. The molecule has 2 heterocycles. The largest absolute Gasteiger partial charge is 0.378 e. The lowest BCUT2D eigenvalue weighted by atomic mass is 9.89. The van der Waals surface area contributed by atoms with Crippen LogP contribution in [0.1, 0.15) is 29.6 Å². The summed E-state index contributed by atoms with van der Waals surface area (Å²) >= 11 is 0. The number of benzene rings is 2. The van der Waals surface area contributed by atoms with Crippen molar-refractivity contribution in [2.75, 3.05) is 56.2 Å². The Bertz CT molecular complexity index is 855. The number of ketones is 1. The van der Waals surface area contributed by atoms with E-state index in [-0.39, 0.29) is 17.6 Å². The summed E-state index contributed by atoms with van der Waals surface area (Å²) in [5.74, 6) is 0.373. The van der Waals surface area contributed by atoms with Gasteiger partial charge in [-0.25, -0.2) is 0 Å². The van der Waals surface area contributed by atoms with E-state index in [0.717, 1.165) is 75.7 Å². The number of carbonyl (C=O) groups is 2. The van der Waals surface area contributed by atoms with Crippen molar-refractivity contribution in [1.29, 1.82) is 0 Å². The zero-order chi connectivity index (χ0) is 21.5. The van der Waals surface area contributed by atoms with Gasteiger partial charge in [-0.3, -0.25) is 9.59 Å². The number of anilines is 2. The Kier molecular flexibility index (Phi) is 7.33. The number of rotatable bonds is 7. The smallest absolute Gasteiger partial charge is 0.225 e. The highest BCUT2D eigenvalue weighted by molar-refractivity contribution is 5.97. The summed E-state index contributed by atoms with van der Waals surface area (Å²) in [6.07, 6.45) is 2.18. The minimum Gasteiger partial charge on any atom is -0.378 e. The standard InChI is InChI=1S/C25H31N3O3/c29-24(26-22-6-8-23(9-7-22)28-16-18-31-19-17-28)12-15-27-13-10-21(11-14-27)25(30)20-4-2-1-3-5-20/h1-9,21H,10-19H2,(H,26,29). The molecular weight excluding hydrogens is 390 g/mol. The van der Waals surface area contributed by atoms with Crippen LogP contribution in [-0.4, -0.2) is 62.5 Å². The van der Waals surface area contributed by atoms with Crippen molar-refractivity contribution in [1.82, 2.24) is 4.90 Å². The van der Waals surface area contributed by atoms with Gasteiger partial charge in [0.05, 0.1) is 13.2 Å². The van der Waals surface area contributed by atoms with Crippen molar-refractivity contribution in [2.45, 2.75) is 19.3 Å². The van der Waals surface area contributed by atoms with Gasteiger partial charge in [0.15, 0.2) is 5.78 Å². The second-order valence-electron chi connectivity index (χ2n) is 8.29. The van der Waals surface area contributed by atoms with Crippen LogP contribution in [0.5, 0.6) is 0 Å². The fraction of sp³-hybridized carbons (Fsp3) is 0.440. The average molecular weight is 422 g/mol. The monoisotopic (exact) mass is 421 g/mol. The average Bonchev–Trinajstić information content (AvgIpc) is 2.84. The quantitative estimate of drug-likeness (QED) is 0.694. The number of likely N-dealkylation sites (tertiary alicyclic amines) is 1. The molecule has 164 valence electrons. The fourth-order valence-electron chi connectivity index (χ4n) is 4.32. The molecule has 2 aliphatic rings. The van der Waals surface area contributed by atoms with E-state index in [0.29, 0.717) is 6.42 Å². The highest BCUT2D eigenvalue weighted by Gasteiger charge is 2.25. The summed E-state index contributed by atoms with van der Waals surface area (Å²) in [4.78, 5) is 29.6. The number of nitrogens with zero attached hydrogens (tertiary/aromatic N) is 2. The van der Waals surface area contributed by atoms with Crippen molar-refractivity contribution in [2.24, 2.45) is 5.92 Å². The summed E-state index contributed by atoms with van der Waals surface area (Å²) in [5.41, 5.74) is 2.79. The third kappa shape index (κ3) is 5.93. The van der Waals surface area contributed by atoms with Crippen LogP contribution in [0.15, 0.2) is 54.6 Å². The maximum absolute atomic E-state index is 12.6. The van der Waals surface area contributed by atoms with Gasteiger partial charge in [0, 0.05) is 48.9 Å². The molecule has 1 N–H and O–H groups in total. The Hall–Kier alpha value is -2.70. The molecule has 1 amide bonds. The van der Waals surface area contributed by atoms with Gasteiger partial charge in [-0.05, 0) is 50.2 Å². The summed E-state index contributed by atoms with van der Waals surface area (Å²) < 4.78 is 5.39. The number of morpholine rings is 1. The number of ether oxygens (including phenoxy) is 1. The molecule has 0 aliphatic carbocycles. The van der Waals surface area contributed by atoms with E-state index in [2.05, 4.69) is 27.2 Å². The fourth-order valence-corrected chi connectivity index (χ4v) is 4.32. The van der Waals surface area contributed by atoms with Crippen LogP contribution in [0.3, 0.4) is 0 Å². The van der Waals surface area contributed by atoms with Crippen LogP contribution in [0.4, 0.5) is 11.4 Å². The Labute approximate surface area is 184 Å². The maximum atomic E-state index is 12.6. The van der Waals surface area contributed by atoms with Crippen LogP contribution in [0.25, 0.3) is 0 Å². The maximum Gasteiger partial charge on any atom is 0.225 e. The zero-order valence-corrected chi connectivity index (χ0v) is 18.0. The molecule has 4 rings (SSSR count). The van der Waals surface area contributed by atoms with Crippen molar-refractivity contribution in [3.05, 3.63) is 60.2 Å². The van der Waals surface area contributed by atoms with Crippen LogP contribution in [-0.2, 0) is 9.53 Å². The number of Topliss-reactive ketones (excluding diaryl/α,β-unsaturated/α-hetero) is 1. The highest BCUT2D eigenvalue weighted by atomic mass is 16.5. The normalized spacial score (nSPS) is 18.0. The topological polar surface area (TPSA) is 61.9 Å². The second kappa shape index (κ2) is 10.6. The molecule has 2 aromatic rings. The molecule has 0 bridgehead atoms. The van der Waals surface area contributed by atoms with Crippen LogP contribution >= 0.6 is 0 Å². The number of hydrogen-bond donors (Lipinski definition) is 1. The van der Waals surface area contributed by atoms with Gasteiger partial charge in [-0.2, -0.15) is 0 Å². The molecule has 6 heteroatoms. The lowest BCUT2D eigenvalue weighted by Gasteiger charge is -2.31. The lowest BCUT2D eigenvalue weighted by Crippen LogP contribution is -2.38. The molecule has 0 radical (unpaired) electrons. The molecule has 0 aromatic heterocycles. The first-order valence-corrected chi connectivity index (χ1v) is 11.2. The molecule has 0 unspecified atom stereocenters. The summed E-state index contributed by atoms with van der Waals surface area (Å²) in [7, 11) is 0. The number of nitrogens with one attached hydrogen (secondary N) is 1. The Balaban J connectivity index is 1.18. The van der Waals surface area contributed by atoms with E-state index in [1.165, 1.54) is 0 Å². The minimum atomic E-state index is 0.0293. The summed E-state index contributed by atoms with van der Waals surface area (Å²) in [6.45, 7) is 5.78. The van der Waals surface area contributed by atoms with Gasteiger partial charge in [-0.1, -0.05) is 30.3 Å². The van der Waals surface area contributed by atoms with E-state index in [9.17, 15) is 9.59 Å².